The first-order chi connectivity index (χ1) is 21.3. The van der Waals surface area contributed by atoms with Crippen LogP contribution in [-0.2, 0) is 25.0 Å². The molecule has 4 aromatic rings. The third-order valence-corrected chi connectivity index (χ3v) is 10.3. The third-order valence-electron chi connectivity index (χ3n) is 7.79. The van der Waals surface area contributed by atoms with E-state index in [2.05, 4.69) is 21.4 Å². The molecule has 1 N–H and O–H groups in total. The Kier molecular flexibility index (Phi) is 7.81. The zero-order valence-corrected chi connectivity index (χ0v) is 25.3. The maximum absolute atomic E-state index is 14.8. The lowest BCUT2D eigenvalue weighted by molar-refractivity contribution is -0.136. The van der Waals surface area contributed by atoms with Crippen LogP contribution in [0.4, 0.5) is 11.4 Å². The Bertz CT molecular complexity index is 1850. The zero-order chi connectivity index (χ0) is 30.9. The molecule has 2 aromatic heterocycles. The van der Waals surface area contributed by atoms with Gasteiger partial charge in [-0.3, -0.25) is 20.0 Å². The van der Waals surface area contributed by atoms with Gasteiger partial charge in [0.05, 0.1) is 28.8 Å². The Balaban J connectivity index is 1.48. The summed E-state index contributed by atoms with van der Waals surface area (Å²) in [5.74, 6) is -1.47. The van der Waals surface area contributed by atoms with Crippen LogP contribution in [0.15, 0.2) is 88.7 Å². The molecular formula is C31H28N6O5S2. The second kappa shape index (κ2) is 11.7. The number of nitriles is 1. The number of nitrogens with zero attached hydrogens (tertiary/aromatic N) is 5. The van der Waals surface area contributed by atoms with Gasteiger partial charge in [-0.2, -0.15) is 16.6 Å². The number of fused-ring (bicyclic) bond motifs is 1. The number of thiophene rings is 1. The van der Waals surface area contributed by atoms with Crippen molar-refractivity contribution in [1.82, 2.24) is 15.4 Å². The topological polar surface area (TPSA) is 136 Å². The minimum atomic E-state index is -4.42. The molecule has 11 nitrogen and oxygen atoms in total. The van der Waals surface area contributed by atoms with Crippen LogP contribution in [0, 0.1) is 11.3 Å². The van der Waals surface area contributed by atoms with Crippen molar-refractivity contribution in [3.63, 3.8) is 0 Å². The average molecular weight is 629 g/mol. The number of hydrogen-bond donors (Lipinski definition) is 1. The highest BCUT2D eigenvalue weighted by Gasteiger charge is 2.62. The molecule has 0 radical (unpaired) electrons. The first-order valence-corrected chi connectivity index (χ1v) is 16.3. The van der Waals surface area contributed by atoms with E-state index in [1.165, 1.54) is 41.0 Å². The summed E-state index contributed by atoms with van der Waals surface area (Å²) in [6.07, 6.45) is 3.44. The molecule has 1 saturated heterocycles. The van der Waals surface area contributed by atoms with Gasteiger partial charge in [0.2, 0.25) is 0 Å². The fraction of sp³-hybridized carbons (Fsp3) is 0.226. The van der Waals surface area contributed by atoms with Crippen LogP contribution in [0.1, 0.15) is 23.6 Å². The fourth-order valence-corrected chi connectivity index (χ4v) is 8.20. The number of anilines is 2. The lowest BCUT2D eigenvalue weighted by Gasteiger charge is -2.38. The maximum Gasteiger partial charge on any atom is 0.271 e. The van der Waals surface area contributed by atoms with E-state index in [0.29, 0.717) is 30.5 Å². The van der Waals surface area contributed by atoms with Gasteiger partial charge < -0.3 is 9.64 Å². The molecule has 2 aliphatic rings. The Morgan fingerprint density at radius 3 is 2.50 bits per heavy atom. The van der Waals surface area contributed by atoms with E-state index in [1.54, 1.807) is 54.0 Å². The number of aromatic nitrogens is 1. The smallest absolute Gasteiger partial charge is 0.271 e. The van der Waals surface area contributed by atoms with Crippen molar-refractivity contribution in [2.75, 3.05) is 42.0 Å². The van der Waals surface area contributed by atoms with Gasteiger partial charge in [0.25, 0.3) is 21.8 Å². The Morgan fingerprint density at radius 1 is 1.07 bits per heavy atom. The molecule has 2 aliphatic heterocycles. The van der Waals surface area contributed by atoms with Crippen LogP contribution in [0.25, 0.3) is 0 Å². The van der Waals surface area contributed by atoms with Crippen LogP contribution in [-0.4, -0.2) is 63.0 Å². The number of benzene rings is 2. The van der Waals surface area contributed by atoms with Gasteiger partial charge in [-0.1, -0.05) is 18.2 Å². The van der Waals surface area contributed by atoms with Gasteiger partial charge >= 0.3 is 0 Å². The molecule has 1 fully saturated rings. The van der Waals surface area contributed by atoms with Crippen LogP contribution in [0.3, 0.4) is 0 Å². The number of rotatable bonds is 8. The number of ether oxygens (including phenoxy) is 1. The van der Waals surface area contributed by atoms with Gasteiger partial charge in [-0.05, 0) is 54.8 Å². The van der Waals surface area contributed by atoms with Gasteiger partial charge in [0.15, 0.2) is 5.41 Å². The molecule has 2 amide bonds. The molecular weight excluding hydrogens is 601 g/mol. The van der Waals surface area contributed by atoms with E-state index in [0.717, 1.165) is 5.69 Å². The van der Waals surface area contributed by atoms with E-state index >= 15 is 0 Å². The molecule has 0 bridgehead atoms. The van der Waals surface area contributed by atoms with E-state index in [9.17, 15) is 23.3 Å². The van der Waals surface area contributed by atoms with E-state index in [4.69, 9.17) is 4.74 Å². The predicted molar refractivity (Wildman–Crippen MR) is 165 cm³/mol. The molecule has 4 heterocycles. The number of nitrogens with one attached hydrogen (secondary N) is 1. The van der Waals surface area contributed by atoms with E-state index < -0.39 is 27.3 Å². The number of para-hydroxylation sites is 1. The Labute approximate surface area is 258 Å². The normalized spacial score (nSPS) is 18.5. The molecule has 0 aliphatic carbocycles. The molecule has 0 saturated carbocycles. The second-order valence-corrected chi connectivity index (χ2v) is 12.7. The highest BCUT2D eigenvalue weighted by atomic mass is 32.2. The molecule has 1 atom stereocenters. The van der Waals surface area contributed by atoms with Crippen LogP contribution in [0.5, 0.6) is 5.75 Å². The summed E-state index contributed by atoms with van der Waals surface area (Å²) in [5.41, 5.74) is 2.20. The van der Waals surface area contributed by atoms with Gasteiger partial charge in [-0.25, -0.2) is 17.7 Å². The summed E-state index contributed by atoms with van der Waals surface area (Å²) < 4.78 is 34.6. The van der Waals surface area contributed by atoms with E-state index in [-0.39, 0.29) is 39.6 Å². The van der Waals surface area contributed by atoms with Crippen LogP contribution in [0.2, 0.25) is 0 Å². The van der Waals surface area contributed by atoms with Gasteiger partial charge in [-0.15, -0.1) is 0 Å². The Morgan fingerprint density at radius 2 is 1.82 bits per heavy atom. The number of hydrogen-bond acceptors (Lipinski definition) is 10. The van der Waals surface area contributed by atoms with Crippen molar-refractivity contribution < 1.29 is 22.7 Å². The number of carbonyl (C=O) groups is 2. The molecule has 1 unspecified atom stereocenters. The summed E-state index contributed by atoms with van der Waals surface area (Å²) in [4.78, 5) is 35.7. The van der Waals surface area contributed by atoms with Crippen molar-refractivity contribution in [3.05, 3.63) is 101 Å². The first-order valence-electron chi connectivity index (χ1n) is 13.9. The van der Waals surface area contributed by atoms with Gasteiger partial charge in [0.1, 0.15) is 5.75 Å². The summed E-state index contributed by atoms with van der Waals surface area (Å²) in [6.45, 7) is 4.07. The number of carbonyl (C=O) groups excluding carboxylic acids is 2. The minimum absolute atomic E-state index is 0.00385. The number of hydrazine groups is 1. The summed E-state index contributed by atoms with van der Waals surface area (Å²) >= 11 is 1.17. The zero-order valence-electron chi connectivity index (χ0n) is 23.7. The standard InChI is InChI=1S/C31H28N6O5S2/c1-2-42-28-6-4-3-5-25(28)31(29(38)34-36-16-14-35(15-17-36)23-9-12-33-13-10-23)26-19-22(20-32)7-8-27(26)37(30(31)39)44(40,41)24-11-18-43-21-24/h3-13,18-19,21H,2,14-17H2,1H3,(H,34,38). The van der Waals surface area contributed by atoms with Crippen molar-refractivity contribution >= 4 is 44.5 Å². The quantitative estimate of drug-likeness (QED) is 0.292. The molecule has 13 heteroatoms. The van der Waals surface area contributed by atoms with Crippen LogP contribution >= 0.6 is 11.3 Å². The predicted octanol–water partition coefficient (Wildman–Crippen LogP) is 3.29. The van der Waals surface area contributed by atoms with Crippen molar-refractivity contribution in [1.29, 1.82) is 5.26 Å². The first kappa shape index (κ1) is 29.3. The molecule has 224 valence electrons. The maximum atomic E-state index is 14.8. The van der Waals surface area contributed by atoms with Gasteiger partial charge in [0, 0.05) is 60.8 Å². The van der Waals surface area contributed by atoms with Crippen molar-refractivity contribution in [3.8, 4) is 11.8 Å². The summed E-state index contributed by atoms with van der Waals surface area (Å²) in [6, 6.07) is 18.2. The number of amides is 2. The average Bonchev–Trinajstić information content (AvgIpc) is 3.68. The molecule has 2 aromatic carbocycles. The monoisotopic (exact) mass is 628 g/mol. The third kappa shape index (κ3) is 4.77. The minimum Gasteiger partial charge on any atom is -0.494 e. The Hall–Kier alpha value is -4.77. The lowest BCUT2D eigenvalue weighted by atomic mass is 9.73. The van der Waals surface area contributed by atoms with Crippen molar-refractivity contribution in [2.45, 2.75) is 17.2 Å². The second-order valence-electron chi connectivity index (χ2n) is 10.2. The number of pyridine rings is 1. The lowest BCUT2D eigenvalue weighted by Crippen LogP contribution is -2.60. The fourth-order valence-electron chi connectivity index (χ4n) is 5.72. The molecule has 6 rings (SSSR count). The summed E-state index contributed by atoms with van der Waals surface area (Å²) in [5, 5.41) is 14.6. The van der Waals surface area contributed by atoms with Crippen LogP contribution < -0.4 is 19.4 Å². The highest BCUT2D eigenvalue weighted by molar-refractivity contribution is 7.93. The SMILES string of the molecule is CCOc1ccccc1C1(C(=O)NN2CCN(c3ccncc3)CC2)C(=O)N(S(=O)(=O)c2ccsc2)c2ccc(C#N)cc21. The van der Waals surface area contributed by atoms with Crippen molar-refractivity contribution in [2.24, 2.45) is 0 Å². The largest absolute Gasteiger partial charge is 0.494 e. The number of piperazine rings is 1. The summed E-state index contributed by atoms with van der Waals surface area (Å²) in [7, 11) is -4.42. The molecule has 44 heavy (non-hydrogen) atoms. The highest BCUT2D eigenvalue weighted by Crippen LogP contribution is 2.51. The molecule has 0 spiro atoms. The van der Waals surface area contributed by atoms with E-state index in [1.807, 2.05) is 12.1 Å². The number of sulfonamides is 1.